The molecule has 84 valence electrons. The number of hydrogen-bond acceptors (Lipinski definition) is 2. The highest BCUT2D eigenvalue weighted by molar-refractivity contribution is 5.99. The fourth-order valence-corrected chi connectivity index (χ4v) is 2.33. The molecule has 3 rings (SSSR count). The van der Waals surface area contributed by atoms with Crippen LogP contribution in [0, 0.1) is 0 Å². The summed E-state index contributed by atoms with van der Waals surface area (Å²) in [6, 6.07) is 11.7. The minimum atomic E-state index is -0.318. The van der Waals surface area contributed by atoms with Crippen LogP contribution < -0.4 is 0 Å². The van der Waals surface area contributed by atoms with Gasteiger partial charge in [-0.1, -0.05) is 30.3 Å². The second kappa shape index (κ2) is 3.52. The normalized spacial score (nSPS) is 16.7. The Hall–Kier alpha value is -1.96. The molecule has 2 heteroatoms. The first-order chi connectivity index (χ1) is 8.29. The second-order valence-electron chi connectivity index (χ2n) is 4.68. The van der Waals surface area contributed by atoms with Gasteiger partial charge in [0.1, 0.15) is 6.29 Å². The summed E-state index contributed by atoms with van der Waals surface area (Å²) >= 11 is 0. The first kappa shape index (κ1) is 10.2. The molecule has 1 aliphatic rings. The number of carbonyl (C=O) groups is 2. The van der Waals surface area contributed by atoms with Gasteiger partial charge in [-0.05, 0) is 35.2 Å². The fourth-order valence-electron chi connectivity index (χ4n) is 2.33. The molecule has 0 amide bonds. The average molecular weight is 224 g/mol. The van der Waals surface area contributed by atoms with Crippen LogP contribution in [0.4, 0.5) is 0 Å². The largest absolute Gasteiger partial charge is 0.302 e. The summed E-state index contributed by atoms with van der Waals surface area (Å²) in [5.74, 6) is 0. The lowest BCUT2D eigenvalue weighted by Crippen LogP contribution is -2.08. The zero-order valence-electron chi connectivity index (χ0n) is 9.35. The van der Waals surface area contributed by atoms with Crippen molar-refractivity contribution in [3.63, 3.8) is 0 Å². The van der Waals surface area contributed by atoms with E-state index < -0.39 is 0 Å². The average Bonchev–Trinajstić information content (AvgIpc) is 3.18. The molecule has 0 N–H and O–H groups in total. The summed E-state index contributed by atoms with van der Waals surface area (Å²) in [5, 5.41) is 1.98. The quantitative estimate of drug-likeness (QED) is 0.751. The van der Waals surface area contributed by atoms with Crippen molar-refractivity contribution in [2.75, 3.05) is 0 Å². The van der Waals surface area contributed by atoms with Gasteiger partial charge in [0.25, 0.3) is 0 Å². The Kier molecular flexibility index (Phi) is 2.11. The third-order valence-electron chi connectivity index (χ3n) is 3.61. The summed E-state index contributed by atoms with van der Waals surface area (Å²) in [5.41, 5.74) is 1.33. The molecule has 0 bridgehead atoms. The van der Waals surface area contributed by atoms with E-state index in [0.29, 0.717) is 5.56 Å². The third kappa shape index (κ3) is 1.48. The summed E-state index contributed by atoms with van der Waals surface area (Å²) in [6.45, 7) is 0. The van der Waals surface area contributed by atoms with E-state index in [4.69, 9.17) is 0 Å². The van der Waals surface area contributed by atoms with Crippen molar-refractivity contribution >= 4 is 23.3 Å². The lowest BCUT2D eigenvalue weighted by Gasteiger charge is -2.10. The SMILES string of the molecule is O=Cc1cc(C2(C=O)CC2)cc2ccccc12. The number of aldehydes is 2. The molecule has 2 nitrogen and oxygen atoms in total. The molecule has 1 aliphatic carbocycles. The van der Waals surface area contributed by atoms with Crippen LogP contribution in [0.3, 0.4) is 0 Å². The Morgan fingerprint density at radius 1 is 1.06 bits per heavy atom. The zero-order valence-corrected chi connectivity index (χ0v) is 9.35. The maximum atomic E-state index is 11.1. The molecule has 0 aliphatic heterocycles. The van der Waals surface area contributed by atoms with E-state index in [0.717, 1.165) is 41.7 Å². The van der Waals surface area contributed by atoms with Crippen molar-refractivity contribution in [2.45, 2.75) is 18.3 Å². The standard InChI is InChI=1S/C15H12O2/c16-9-12-8-13(15(10-17)5-6-15)7-11-3-1-2-4-14(11)12/h1-4,7-10H,5-6H2. The van der Waals surface area contributed by atoms with Crippen LogP contribution >= 0.6 is 0 Å². The number of carbonyl (C=O) groups excluding carboxylic acids is 2. The molecule has 17 heavy (non-hydrogen) atoms. The molecule has 2 aromatic rings. The van der Waals surface area contributed by atoms with Crippen molar-refractivity contribution in [1.29, 1.82) is 0 Å². The van der Waals surface area contributed by atoms with Crippen LogP contribution in [0.5, 0.6) is 0 Å². The highest BCUT2D eigenvalue weighted by Crippen LogP contribution is 2.47. The topological polar surface area (TPSA) is 34.1 Å². The molecule has 0 atom stereocenters. The number of hydrogen-bond donors (Lipinski definition) is 0. The van der Waals surface area contributed by atoms with Gasteiger partial charge < -0.3 is 4.79 Å². The molecular formula is C15H12O2. The molecular weight excluding hydrogens is 212 g/mol. The van der Waals surface area contributed by atoms with Gasteiger partial charge in [0.2, 0.25) is 0 Å². The second-order valence-corrected chi connectivity index (χ2v) is 4.68. The summed E-state index contributed by atoms with van der Waals surface area (Å²) < 4.78 is 0. The molecule has 0 spiro atoms. The van der Waals surface area contributed by atoms with Gasteiger partial charge in [-0.3, -0.25) is 4.79 Å². The fraction of sp³-hybridized carbons (Fsp3) is 0.200. The van der Waals surface area contributed by atoms with Crippen molar-refractivity contribution in [2.24, 2.45) is 0 Å². The van der Waals surface area contributed by atoms with Gasteiger partial charge in [0.05, 0.1) is 5.41 Å². The van der Waals surface area contributed by atoms with E-state index in [2.05, 4.69) is 0 Å². The van der Waals surface area contributed by atoms with Crippen LogP contribution in [0.1, 0.15) is 28.8 Å². The first-order valence-electron chi connectivity index (χ1n) is 5.74. The lowest BCUT2D eigenvalue weighted by atomic mass is 9.92. The highest BCUT2D eigenvalue weighted by atomic mass is 16.1. The van der Waals surface area contributed by atoms with Crippen LogP contribution in [-0.4, -0.2) is 12.6 Å². The Labute approximate surface area is 99.3 Å². The van der Waals surface area contributed by atoms with E-state index in [1.165, 1.54) is 0 Å². The van der Waals surface area contributed by atoms with Crippen molar-refractivity contribution in [3.8, 4) is 0 Å². The van der Waals surface area contributed by atoms with E-state index in [1.54, 1.807) is 0 Å². The predicted molar refractivity (Wildman–Crippen MR) is 66.3 cm³/mol. The molecule has 1 fully saturated rings. The summed E-state index contributed by atoms with van der Waals surface area (Å²) in [7, 11) is 0. The molecule has 0 aromatic heterocycles. The van der Waals surface area contributed by atoms with E-state index in [1.807, 2.05) is 36.4 Å². The zero-order chi connectivity index (χ0) is 11.9. The lowest BCUT2D eigenvalue weighted by molar-refractivity contribution is -0.109. The van der Waals surface area contributed by atoms with Crippen LogP contribution in [0.25, 0.3) is 10.8 Å². The number of benzene rings is 2. The smallest absolute Gasteiger partial charge is 0.150 e. The van der Waals surface area contributed by atoms with Gasteiger partial charge in [0, 0.05) is 5.56 Å². The summed E-state index contributed by atoms with van der Waals surface area (Å²) in [6.07, 6.45) is 3.68. The molecule has 0 heterocycles. The minimum Gasteiger partial charge on any atom is -0.302 e. The van der Waals surface area contributed by atoms with E-state index >= 15 is 0 Å². The summed E-state index contributed by atoms with van der Waals surface area (Å²) in [4.78, 5) is 22.3. The van der Waals surface area contributed by atoms with Crippen LogP contribution in [0.15, 0.2) is 36.4 Å². The molecule has 2 aromatic carbocycles. The van der Waals surface area contributed by atoms with E-state index in [-0.39, 0.29) is 5.41 Å². The van der Waals surface area contributed by atoms with Crippen molar-refractivity contribution in [3.05, 3.63) is 47.5 Å². The van der Waals surface area contributed by atoms with Crippen molar-refractivity contribution in [1.82, 2.24) is 0 Å². The maximum absolute atomic E-state index is 11.1. The monoisotopic (exact) mass is 224 g/mol. The third-order valence-corrected chi connectivity index (χ3v) is 3.61. The minimum absolute atomic E-state index is 0.318. The molecule has 1 saturated carbocycles. The van der Waals surface area contributed by atoms with Crippen LogP contribution in [0.2, 0.25) is 0 Å². The number of rotatable bonds is 3. The van der Waals surface area contributed by atoms with Gasteiger partial charge in [0.15, 0.2) is 6.29 Å². The van der Waals surface area contributed by atoms with Gasteiger partial charge in [-0.25, -0.2) is 0 Å². The molecule has 0 radical (unpaired) electrons. The molecule has 0 unspecified atom stereocenters. The predicted octanol–water partition coefficient (Wildman–Crippen LogP) is 2.88. The van der Waals surface area contributed by atoms with Gasteiger partial charge >= 0.3 is 0 Å². The Morgan fingerprint density at radius 2 is 1.82 bits per heavy atom. The Bertz CT molecular complexity index is 609. The maximum Gasteiger partial charge on any atom is 0.150 e. The van der Waals surface area contributed by atoms with Crippen LogP contribution in [-0.2, 0) is 10.2 Å². The first-order valence-corrected chi connectivity index (χ1v) is 5.74. The van der Waals surface area contributed by atoms with Crippen molar-refractivity contribution < 1.29 is 9.59 Å². The van der Waals surface area contributed by atoms with E-state index in [9.17, 15) is 9.59 Å². The van der Waals surface area contributed by atoms with Gasteiger partial charge in [-0.2, -0.15) is 0 Å². The number of fused-ring (bicyclic) bond motifs is 1. The Balaban J connectivity index is 2.28. The highest BCUT2D eigenvalue weighted by Gasteiger charge is 2.44. The molecule has 0 saturated heterocycles. The Morgan fingerprint density at radius 3 is 2.47 bits per heavy atom. The van der Waals surface area contributed by atoms with Gasteiger partial charge in [-0.15, -0.1) is 0 Å².